The third-order valence-corrected chi connectivity index (χ3v) is 2.39. The van der Waals surface area contributed by atoms with Crippen molar-refractivity contribution in [2.24, 2.45) is 0 Å². The first kappa shape index (κ1) is 13.9. The summed E-state index contributed by atoms with van der Waals surface area (Å²) >= 11 is 0. The quantitative estimate of drug-likeness (QED) is 0.357. The number of amides is 1. The molecule has 0 spiro atoms. The van der Waals surface area contributed by atoms with Crippen LogP contribution in [0.1, 0.15) is 0 Å². The molecule has 0 atom stereocenters. The average Bonchev–Trinajstić information content (AvgIpc) is 2.38. The van der Waals surface area contributed by atoms with E-state index in [0.29, 0.717) is 12.2 Å². The molecule has 1 aromatic carbocycles. The minimum Gasteiger partial charge on any atom is -0.314 e. The SMILES string of the molecule is C=CCNCC(=O)N(C)c1ccc([N+](=O)[O-])cc1. The third kappa shape index (κ3) is 3.67. The number of anilines is 1. The highest BCUT2D eigenvalue weighted by Crippen LogP contribution is 2.18. The van der Waals surface area contributed by atoms with Gasteiger partial charge in [-0.15, -0.1) is 6.58 Å². The average molecular weight is 249 g/mol. The van der Waals surface area contributed by atoms with E-state index in [4.69, 9.17) is 0 Å². The molecule has 1 N–H and O–H groups in total. The first-order valence-electron chi connectivity index (χ1n) is 5.39. The molecule has 1 aromatic rings. The van der Waals surface area contributed by atoms with Gasteiger partial charge in [-0.1, -0.05) is 6.08 Å². The third-order valence-electron chi connectivity index (χ3n) is 2.39. The molecule has 6 heteroatoms. The highest BCUT2D eigenvalue weighted by Gasteiger charge is 2.11. The summed E-state index contributed by atoms with van der Waals surface area (Å²) in [5, 5.41) is 13.4. The first-order chi connectivity index (χ1) is 8.56. The highest BCUT2D eigenvalue weighted by molar-refractivity contribution is 5.94. The molecule has 0 aliphatic rings. The fourth-order valence-corrected chi connectivity index (χ4v) is 1.34. The Morgan fingerprint density at radius 3 is 2.61 bits per heavy atom. The topological polar surface area (TPSA) is 75.5 Å². The number of carbonyl (C=O) groups is 1. The second kappa shape index (κ2) is 6.51. The van der Waals surface area contributed by atoms with Gasteiger partial charge in [0.1, 0.15) is 0 Å². The van der Waals surface area contributed by atoms with Crippen molar-refractivity contribution in [3.8, 4) is 0 Å². The number of rotatable bonds is 6. The zero-order valence-corrected chi connectivity index (χ0v) is 10.1. The smallest absolute Gasteiger partial charge is 0.269 e. The van der Waals surface area contributed by atoms with Crippen molar-refractivity contribution in [1.29, 1.82) is 0 Å². The number of nitrogens with zero attached hydrogens (tertiary/aromatic N) is 2. The molecule has 1 rings (SSSR count). The summed E-state index contributed by atoms with van der Waals surface area (Å²) in [5.74, 6) is -0.120. The van der Waals surface area contributed by atoms with E-state index in [1.807, 2.05) is 0 Å². The molecule has 0 unspecified atom stereocenters. The largest absolute Gasteiger partial charge is 0.314 e. The van der Waals surface area contributed by atoms with E-state index in [2.05, 4.69) is 11.9 Å². The van der Waals surface area contributed by atoms with Crippen molar-refractivity contribution in [2.45, 2.75) is 0 Å². The fourth-order valence-electron chi connectivity index (χ4n) is 1.34. The van der Waals surface area contributed by atoms with Gasteiger partial charge in [-0.3, -0.25) is 14.9 Å². The maximum atomic E-state index is 11.7. The van der Waals surface area contributed by atoms with E-state index >= 15 is 0 Å². The Hall–Kier alpha value is -2.21. The van der Waals surface area contributed by atoms with E-state index in [-0.39, 0.29) is 18.1 Å². The Balaban J connectivity index is 2.65. The second-order valence-electron chi connectivity index (χ2n) is 3.65. The molecule has 0 aliphatic heterocycles. The van der Waals surface area contributed by atoms with Gasteiger partial charge in [0.05, 0.1) is 11.5 Å². The van der Waals surface area contributed by atoms with Gasteiger partial charge in [0.2, 0.25) is 5.91 Å². The molecule has 0 saturated heterocycles. The summed E-state index contributed by atoms with van der Waals surface area (Å²) in [6.45, 7) is 4.28. The van der Waals surface area contributed by atoms with Crippen molar-refractivity contribution in [3.05, 3.63) is 47.0 Å². The molecular formula is C12H15N3O3. The van der Waals surface area contributed by atoms with Crippen LogP contribution in [0.2, 0.25) is 0 Å². The Labute approximate surface area is 105 Å². The van der Waals surface area contributed by atoms with Crippen LogP contribution in [0.25, 0.3) is 0 Å². The molecule has 0 aliphatic carbocycles. The normalized spacial score (nSPS) is 9.83. The summed E-state index contributed by atoms with van der Waals surface area (Å²) < 4.78 is 0. The van der Waals surface area contributed by atoms with Gasteiger partial charge in [-0.2, -0.15) is 0 Å². The molecule has 0 saturated carbocycles. The number of nitro benzene ring substituents is 1. The number of hydrogen-bond donors (Lipinski definition) is 1. The summed E-state index contributed by atoms with van der Waals surface area (Å²) in [5.41, 5.74) is 0.621. The summed E-state index contributed by atoms with van der Waals surface area (Å²) in [7, 11) is 1.62. The Morgan fingerprint density at radius 2 is 2.11 bits per heavy atom. The number of non-ortho nitro benzene ring substituents is 1. The molecule has 0 heterocycles. The number of benzene rings is 1. The predicted octanol–water partition coefficient (Wildman–Crippen LogP) is 1.33. The molecule has 6 nitrogen and oxygen atoms in total. The Morgan fingerprint density at radius 1 is 1.50 bits per heavy atom. The number of carbonyl (C=O) groups excluding carboxylic acids is 1. The van der Waals surface area contributed by atoms with Gasteiger partial charge in [0.15, 0.2) is 0 Å². The van der Waals surface area contributed by atoms with Gasteiger partial charge in [-0.25, -0.2) is 0 Å². The van der Waals surface area contributed by atoms with Gasteiger partial charge in [0.25, 0.3) is 5.69 Å². The standard InChI is InChI=1S/C12H15N3O3/c1-3-8-13-9-12(16)14(2)10-4-6-11(7-5-10)15(17)18/h3-7,13H,1,8-9H2,2H3. The molecular weight excluding hydrogens is 234 g/mol. The van der Waals surface area contributed by atoms with Crippen LogP contribution in [0.15, 0.2) is 36.9 Å². The van der Waals surface area contributed by atoms with Crippen LogP contribution in [0.5, 0.6) is 0 Å². The molecule has 0 fully saturated rings. The van der Waals surface area contributed by atoms with Crippen molar-refractivity contribution < 1.29 is 9.72 Å². The van der Waals surface area contributed by atoms with Gasteiger partial charge >= 0.3 is 0 Å². The maximum Gasteiger partial charge on any atom is 0.269 e. The Kier molecular flexibility index (Phi) is 5.01. The zero-order valence-electron chi connectivity index (χ0n) is 10.1. The number of likely N-dealkylation sites (N-methyl/N-ethyl adjacent to an activating group) is 1. The summed E-state index contributed by atoms with van der Waals surface area (Å²) in [6.07, 6.45) is 1.67. The van der Waals surface area contributed by atoms with E-state index in [9.17, 15) is 14.9 Å². The van der Waals surface area contributed by atoms with Crippen LogP contribution in [-0.2, 0) is 4.79 Å². The predicted molar refractivity (Wildman–Crippen MR) is 69.6 cm³/mol. The maximum absolute atomic E-state index is 11.7. The number of nitro groups is 1. The lowest BCUT2D eigenvalue weighted by molar-refractivity contribution is -0.384. The van der Waals surface area contributed by atoms with E-state index < -0.39 is 4.92 Å². The van der Waals surface area contributed by atoms with Gasteiger partial charge in [-0.05, 0) is 12.1 Å². The minimum absolute atomic E-state index is 0.00406. The van der Waals surface area contributed by atoms with E-state index in [1.165, 1.54) is 17.0 Å². The van der Waals surface area contributed by atoms with E-state index in [0.717, 1.165) is 0 Å². The van der Waals surface area contributed by atoms with Crippen LogP contribution in [0.3, 0.4) is 0 Å². The van der Waals surface area contributed by atoms with Crippen molar-refractivity contribution in [1.82, 2.24) is 5.32 Å². The van der Waals surface area contributed by atoms with Crippen LogP contribution < -0.4 is 10.2 Å². The fraction of sp³-hybridized carbons (Fsp3) is 0.250. The van der Waals surface area contributed by atoms with Crippen LogP contribution in [-0.4, -0.2) is 31.0 Å². The molecule has 96 valence electrons. The monoisotopic (exact) mass is 249 g/mol. The highest BCUT2D eigenvalue weighted by atomic mass is 16.6. The second-order valence-corrected chi connectivity index (χ2v) is 3.65. The lowest BCUT2D eigenvalue weighted by Gasteiger charge is -2.17. The Bertz CT molecular complexity index is 442. The first-order valence-corrected chi connectivity index (χ1v) is 5.39. The number of hydrogen-bond acceptors (Lipinski definition) is 4. The van der Waals surface area contributed by atoms with Gasteiger partial charge in [0, 0.05) is 31.4 Å². The van der Waals surface area contributed by atoms with E-state index in [1.54, 1.807) is 25.3 Å². The zero-order chi connectivity index (χ0) is 13.5. The lowest BCUT2D eigenvalue weighted by Crippen LogP contribution is -2.35. The van der Waals surface area contributed by atoms with Crippen molar-refractivity contribution >= 4 is 17.3 Å². The van der Waals surface area contributed by atoms with Crippen LogP contribution in [0.4, 0.5) is 11.4 Å². The van der Waals surface area contributed by atoms with Gasteiger partial charge < -0.3 is 10.2 Å². The number of nitrogens with one attached hydrogen (secondary N) is 1. The molecule has 0 bridgehead atoms. The summed E-state index contributed by atoms with van der Waals surface area (Å²) in [6, 6.07) is 5.83. The van der Waals surface area contributed by atoms with Crippen molar-refractivity contribution in [3.63, 3.8) is 0 Å². The summed E-state index contributed by atoms with van der Waals surface area (Å²) in [4.78, 5) is 23.2. The molecule has 0 radical (unpaired) electrons. The van der Waals surface area contributed by atoms with Crippen LogP contribution >= 0.6 is 0 Å². The minimum atomic E-state index is -0.475. The molecule has 1 amide bonds. The van der Waals surface area contributed by atoms with Crippen molar-refractivity contribution in [2.75, 3.05) is 25.0 Å². The van der Waals surface area contributed by atoms with Crippen LogP contribution in [0, 0.1) is 10.1 Å². The lowest BCUT2D eigenvalue weighted by atomic mass is 10.2. The molecule has 18 heavy (non-hydrogen) atoms. The molecule has 0 aromatic heterocycles.